The third-order valence-electron chi connectivity index (χ3n) is 2.80. The Kier molecular flexibility index (Phi) is 6.70. The molecule has 0 spiro atoms. The van der Waals surface area contributed by atoms with E-state index < -0.39 is 0 Å². The number of rotatable bonds is 7. The molecule has 0 atom stereocenters. The second kappa shape index (κ2) is 7.52. The van der Waals surface area contributed by atoms with Gasteiger partial charge in [0, 0.05) is 36.6 Å². The average Bonchev–Trinajstić information content (AvgIpc) is 2.62. The van der Waals surface area contributed by atoms with Crippen molar-refractivity contribution in [1.29, 1.82) is 0 Å². The third kappa shape index (κ3) is 5.51. The van der Waals surface area contributed by atoms with Gasteiger partial charge < -0.3 is 5.32 Å². The highest BCUT2D eigenvalue weighted by Crippen LogP contribution is 2.21. The predicted molar refractivity (Wildman–Crippen MR) is 80.7 cm³/mol. The molecule has 1 rings (SSSR count). The summed E-state index contributed by atoms with van der Waals surface area (Å²) in [6.45, 7) is 12.2. The minimum atomic E-state index is 0.618. The van der Waals surface area contributed by atoms with Crippen molar-refractivity contribution in [3.8, 4) is 0 Å². The van der Waals surface area contributed by atoms with E-state index in [-0.39, 0.29) is 0 Å². The Morgan fingerprint density at radius 2 is 1.88 bits per heavy atom. The van der Waals surface area contributed by atoms with E-state index in [1.54, 1.807) is 11.3 Å². The molecule has 0 aliphatic rings. The molecule has 0 amide bonds. The molecule has 0 unspecified atom stereocenters. The van der Waals surface area contributed by atoms with Crippen molar-refractivity contribution in [2.45, 2.75) is 46.3 Å². The second-order valence-corrected chi connectivity index (χ2v) is 7.36. The zero-order chi connectivity index (χ0) is 12.8. The lowest BCUT2D eigenvalue weighted by Gasteiger charge is -2.30. The van der Waals surface area contributed by atoms with Crippen LogP contribution in [0.1, 0.15) is 32.6 Å². The predicted octanol–water partition coefficient (Wildman–Crippen LogP) is 3.72. The molecule has 0 saturated carbocycles. The zero-order valence-electron chi connectivity index (χ0n) is 11.2. The largest absolute Gasteiger partial charge is 0.311 e. The molecular formula is C13H23BrN2S. The van der Waals surface area contributed by atoms with Crippen LogP contribution >= 0.6 is 27.3 Å². The number of nitrogens with one attached hydrogen (secondary N) is 1. The summed E-state index contributed by atoms with van der Waals surface area (Å²) in [6.07, 6.45) is 0. The molecule has 0 aliphatic heterocycles. The van der Waals surface area contributed by atoms with Gasteiger partial charge in [0.05, 0.1) is 3.79 Å². The van der Waals surface area contributed by atoms with Gasteiger partial charge >= 0.3 is 0 Å². The fraction of sp³-hybridized carbons (Fsp3) is 0.692. The number of thiophene rings is 1. The maximum Gasteiger partial charge on any atom is 0.0701 e. The van der Waals surface area contributed by atoms with Gasteiger partial charge in [0.2, 0.25) is 0 Å². The van der Waals surface area contributed by atoms with E-state index in [9.17, 15) is 0 Å². The van der Waals surface area contributed by atoms with Crippen molar-refractivity contribution in [3.05, 3.63) is 20.8 Å². The van der Waals surface area contributed by atoms with Gasteiger partial charge in [0.15, 0.2) is 0 Å². The molecule has 98 valence electrons. The molecule has 0 aromatic carbocycles. The number of nitrogens with zero attached hydrogens (tertiary/aromatic N) is 1. The Bertz CT molecular complexity index is 315. The molecule has 0 fully saturated rings. The Hall–Kier alpha value is 0.1000. The summed E-state index contributed by atoms with van der Waals surface area (Å²) in [5.41, 5.74) is 0. The Balaban J connectivity index is 2.23. The van der Waals surface area contributed by atoms with Crippen molar-refractivity contribution < 1.29 is 0 Å². The van der Waals surface area contributed by atoms with Gasteiger partial charge in [-0.2, -0.15) is 0 Å². The van der Waals surface area contributed by atoms with Crippen molar-refractivity contribution in [2.75, 3.05) is 13.1 Å². The average molecular weight is 319 g/mol. The van der Waals surface area contributed by atoms with Crippen LogP contribution in [0.15, 0.2) is 15.9 Å². The minimum absolute atomic E-state index is 0.618. The summed E-state index contributed by atoms with van der Waals surface area (Å²) in [6, 6.07) is 5.51. The number of halogens is 1. The van der Waals surface area contributed by atoms with E-state index in [0.717, 1.165) is 19.6 Å². The van der Waals surface area contributed by atoms with Crippen molar-refractivity contribution in [1.82, 2.24) is 10.2 Å². The van der Waals surface area contributed by atoms with E-state index >= 15 is 0 Å². The van der Waals surface area contributed by atoms with Crippen molar-refractivity contribution in [3.63, 3.8) is 0 Å². The molecule has 1 N–H and O–H groups in total. The minimum Gasteiger partial charge on any atom is -0.311 e. The smallest absolute Gasteiger partial charge is 0.0701 e. The first-order valence-electron chi connectivity index (χ1n) is 6.21. The third-order valence-corrected chi connectivity index (χ3v) is 4.43. The first kappa shape index (κ1) is 15.2. The number of hydrogen-bond donors (Lipinski definition) is 1. The van der Waals surface area contributed by atoms with E-state index in [4.69, 9.17) is 0 Å². The van der Waals surface area contributed by atoms with E-state index in [1.165, 1.54) is 8.66 Å². The second-order valence-electron chi connectivity index (χ2n) is 4.81. The summed E-state index contributed by atoms with van der Waals surface area (Å²) in [4.78, 5) is 3.90. The van der Waals surface area contributed by atoms with Crippen LogP contribution in [0.3, 0.4) is 0 Å². The molecular weight excluding hydrogens is 296 g/mol. The lowest BCUT2D eigenvalue weighted by atomic mass is 10.2. The standard InChI is InChI=1S/C13H23BrN2S/c1-10(2)16(11(3)4)8-7-15-9-12-5-6-13(14)17-12/h5-6,10-11,15H,7-9H2,1-4H3. The topological polar surface area (TPSA) is 15.3 Å². The van der Waals surface area contributed by atoms with E-state index in [1.807, 2.05) is 0 Å². The molecule has 1 aromatic heterocycles. The van der Waals surface area contributed by atoms with Crippen LogP contribution in [0.2, 0.25) is 0 Å². The van der Waals surface area contributed by atoms with Gasteiger partial charge in [-0.15, -0.1) is 11.3 Å². The van der Waals surface area contributed by atoms with E-state index in [0.29, 0.717) is 12.1 Å². The molecule has 0 radical (unpaired) electrons. The molecule has 1 heterocycles. The first-order valence-corrected chi connectivity index (χ1v) is 7.82. The van der Waals surface area contributed by atoms with Gasteiger partial charge in [-0.1, -0.05) is 0 Å². The summed E-state index contributed by atoms with van der Waals surface area (Å²) in [5.74, 6) is 0. The highest BCUT2D eigenvalue weighted by Gasteiger charge is 2.12. The van der Waals surface area contributed by atoms with Gasteiger partial charge in [-0.05, 0) is 55.8 Å². The maximum absolute atomic E-state index is 3.50. The fourth-order valence-corrected chi connectivity index (χ4v) is 3.43. The molecule has 0 bridgehead atoms. The molecule has 17 heavy (non-hydrogen) atoms. The summed E-state index contributed by atoms with van der Waals surface area (Å²) in [5, 5.41) is 3.50. The Labute approximate surface area is 118 Å². The molecule has 4 heteroatoms. The van der Waals surface area contributed by atoms with Crippen LogP contribution in [0, 0.1) is 0 Å². The van der Waals surface area contributed by atoms with Crippen molar-refractivity contribution >= 4 is 27.3 Å². The molecule has 0 aliphatic carbocycles. The maximum atomic E-state index is 3.50. The SMILES string of the molecule is CC(C)N(CCNCc1ccc(Br)s1)C(C)C. The lowest BCUT2D eigenvalue weighted by Crippen LogP contribution is -2.41. The quantitative estimate of drug-likeness (QED) is 0.771. The fourth-order valence-electron chi connectivity index (χ4n) is 1.98. The Morgan fingerprint density at radius 1 is 1.24 bits per heavy atom. The van der Waals surface area contributed by atoms with Gasteiger partial charge in [0.25, 0.3) is 0 Å². The monoisotopic (exact) mass is 318 g/mol. The molecule has 1 aromatic rings. The van der Waals surface area contributed by atoms with Crippen LogP contribution in [0.4, 0.5) is 0 Å². The summed E-state index contributed by atoms with van der Waals surface area (Å²) >= 11 is 5.28. The number of hydrogen-bond acceptors (Lipinski definition) is 3. The van der Waals surface area contributed by atoms with Crippen LogP contribution in [0.25, 0.3) is 0 Å². The molecule has 0 saturated heterocycles. The summed E-state index contributed by atoms with van der Waals surface area (Å²) in [7, 11) is 0. The normalized spacial score (nSPS) is 12.0. The van der Waals surface area contributed by atoms with Crippen LogP contribution in [-0.4, -0.2) is 30.1 Å². The molecule has 2 nitrogen and oxygen atoms in total. The highest BCUT2D eigenvalue weighted by molar-refractivity contribution is 9.11. The van der Waals surface area contributed by atoms with Crippen molar-refractivity contribution in [2.24, 2.45) is 0 Å². The Morgan fingerprint density at radius 3 is 2.35 bits per heavy atom. The van der Waals surface area contributed by atoms with Gasteiger partial charge in [-0.25, -0.2) is 0 Å². The highest BCUT2D eigenvalue weighted by atomic mass is 79.9. The van der Waals surface area contributed by atoms with Crippen LogP contribution in [-0.2, 0) is 6.54 Å². The van der Waals surface area contributed by atoms with Gasteiger partial charge in [-0.3, -0.25) is 4.90 Å². The lowest BCUT2D eigenvalue weighted by molar-refractivity contribution is 0.176. The van der Waals surface area contributed by atoms with Crippen LogP contribution in [0.5, 0.6) is 0 Å². The zero-order valence-corrected chi connectivity index (χ0v) is 13.6. The first-order chi connectivity index (χ1) is 8.00. The van der Waals surface area contributed by atoms with Gasteiger partial charge in [0.1, 0.15) is 0 Å². The van der Waals surface area contributed by atoms with E-state index in [2.05, 4.69) is 66.0 Å². The summed E-state index contributed by atoms with van der Waals surface area (Å²) < 4.78 is 1.21. The van der Waals surface area contributed by atoms with Crippen LogP contribution < -0.4 is 5.32 Å².